The van der Waals surface area contributed by atoms with Crippen LogP contribution in [0.25, 0.3) is 0 Å². The Kier molecular flexibility index (Phi) is 3.93. The molecule has 0 unspecified atom stereocenters. The van der Waals surface area contributed by atoms with Crippen molar-refractivity contribution in [2.24, 2.45) is 0 Å². The van der Waals surface area contributed by atoms with Crippen molar-refractivity contribution in [1.82, 2.24) is 0 Å². The average Bonchev–Trinajstić information content (AvgIpc) is 2.65. The zero-order valence-corrected chi connectivity index (χ0v) is 9.18. The normalized spacial score (nSPS) is 13.3. The Morgan fingerprint density at radius 2 is 2.07 bits per heavy atom. The highest BCUT2D eigenvalue weighted by molar-refractivity contribution is 5.58. The van der Waals surface area contributed by atoms with Gasteiger partial charge in [-0.15, -0.1) is 0 Å². The van der Waals surface area contributed by atoms with Gasteiger partial charge in [0.1, 0.15) is 5.82 Å². The highest BCUT2D eigenvalue weighted by Gasteiger charge is 2.20. The van der Waals surface area contributed by atoms with Gasteiger partial charge in [0.2, 0.25) is 0 Å². The first-order valence-corrected chi connectivity index (χ1v) is 5.35. The first-order valence-electron chi connectivity index (χ1n) is 5.35. The second kappa shape index (κ2) is 4.99. The fourth-order valence-electron chi connectivity index (χ4n) is 1.80. The van der Waals surface area contributed by atoms with Gasteiger partial charge in [-0.05, 0) is 25.0 Å². The maximum absolute atomic E-state index is 13.3. The number of halogens is 1. The van der Waals surface area contributed by atoms with E-state index in [0.717, 1.165) is 30.8 Å². The molecule has 0 N–H and O–H groups in total. The van der Waals surface area contributed by atoms with Crippen molar-refractivity contribution in [3.05, 3.63) is 29.6 Å². The summed E-state index contributed by atoms with van der Waals surface area (Å²) in [6.45, 7) is 7.92. The number of fused-ring (bicyclic) bond motifs is 1. The van der Waals surface area contributed by atoms with Crippen molar-refractivity contribution in [3.63, 3.8) is 0 Å². The Bertz CT molecular complexity index is 296. The van der Waals surface area contributed by atoms with Crippen molar-refractivity contribution in [2.45, 2.75) is 27.2 Å². The maximum atomic E-state index is 13.3. The molecule has 0 aromatic heterocycles. The zero-order chi connectivity index (χ0) is 10.6. The third-order valence-electron chi connectivity index (χ3n) is 2.42. The minimum Gasteiger partial charge on any atom is -0.369 e. The van der Waals surface area contributed by atoms with Gasteiger partial charge >= 0.3 is 0 Å². The van der Waals surface area contributed by atoms with Crippen LogP contribution in [0.15, 0.2) is 18.2 Å². The van der Waals surface area contributed by atoms with Crippen LogP contribution >= 0.6 is 0 Å². The van der Waals surface area contributed by atoms with Crippen LogP contribution in [-0.4, -0.2) is 13.1 Å². The third kappa shape index (κ3) is 1.89. The average molecular weight is 195 g/mol. The van der Waals surface area contributed by atoms with E-state index >= 15 is 0 Å². The zero-order valence-electron chi connectivity index (χ0n) is 9.18. The van der Waals surface area contributed by atoms with E-state index in [4.69, 9.17) is 0 Å². The van der Waals surface area contributed by atoms with Gasteiger partial charge in [-0.3, -0.25) is 0 Å². The summed E-state index contributed by atoms with van der Waals surface area (Å²) in [4.78, 5) is 2.09. The number of nitrogens with zero attached hydrogens (tertiary/aromatic N) is 1. The number of hydrogen-bond donors (Lipinski definition) is 0. The van der Waals surface area contributed by atoms with Gasteiger partial charge in [-0.2, -0.15) is 0 Å². The molecule has 0 saturated carbocycles. The Morgan fingerprint density at radius 1 is 1.36 bits per heavy atom. The van der Waals surface area contributed by atoms with Gasteiger partial charge < -0.3 is 4.90 Å². The summed E-state index contributed by atoms with van der Waals surface area (Å²) in [5, 5.41) is 0. The first-order chi connectivity index (χ1) is 6.83. The van der Waals surface area contributed by atoms with E-state index in [-0.39, 0.29) is 5.82 Å². The number of para-hydroxylation sites is 1. The molecule has 1 aliphatic heterocycles. The fraction of sp³-hybridized carbons (Fsp3) is 0.500. The van der Waals surface area contributed by atoms with Crippen molar-refractivity contribution >= 4 is 5.69 Å². The summed E-state index contributed by atoms with van der Waals surface area (Å²) in [7, 11) is 0. The van der Waals surface area contributed by atoms with E-state index in [2.05, 4.69) is 11.8 Å². The molecule has 0 atom stereocenters. The van der Waals surface area contributed by atoms with Crippen molar-refractivity contribution in [3.8, 4) is 0 Å². The Balaban J connectivity index is 0.000000461. The molecule has 1 heterocycles. The SMILES string of the molecule is CC.CCN1CCc2cccc(F)c21. The molecule has 78 valence electrons. The van der Waals surface area contributed by atoms with Crippen molar-refractivity contribution in [2.75, 3.05) is 18.0 Å². The molecule has 2 rings (SSSR count). The van der Waals surface area contributed by atoms with E-state index in [1.165, 1.54) is 6.07 Å². The van der Waals surface area contributed by atoms with Crippen LogP contribution in [0.4, 0.5) is 10.1 Å². The minimum atomic E-state index is -0.0770. The molecule has 0 spiro atoms. The molecule has 1 aromatic rings. The molecule has 0 fully saturated rings. The van der Waals surface area contributed by atoms with Crippen LogP contribution in [0.2, 0.25) is 0 Å². The highest BCUT2D eigenvalue weighted by atomic mass is 19.1. The third-order valence-corrected chi connectivity index (χ3v) is 2.42. The predicted octanol–water partition coefficient (Wildman–Crippen LogP) is 3.23. The van der Waals surface area contributed by atoms with Gasteiger partial charge in [0.15, 0.2) is 0 Å². The number of benzene rings is 1. The van der Waals surface area contributed by atoms with E-state index in [1.807, 2.05) is 19.9 Å². The van der Waals surface area contributed by atoms with E-state index in [0.29, 0.717) is 0 Å². The van der Waals surface area contributed by atoms with Crippen molar-refractivity contribution < 1.29 is 4.39 Å². The summed E-state index contributed by atoms with van der Waals surface area (Å²) >= 11 is 0. The second-order valence-electron chi connectivity index (χ2n) is 3.08. The predicted molar refractivity (Wildman–Crippen MR) is 59.3 cm³/mol. The topological polar surface area (TPSA) is 3.24 Å². The maximum Gasteiger partial charge on any atom is 0.146 e. The Morgan fingerprint density at radius 3 is 2.71 bits per heavy atom. The Labute approximate surface area is 85.5 Å². The van der Waals surface area contributed by atoms with Crippen LogP contribution in [0.1, 0.15) is 26.3 Å². The van der Waals surface area contributed by atoms with Gasteiger partial charge in [0.05, 0.1) is 5.69 Å². The second-order valence-corrected chi connectivity index (χ2v) is 3.08. The molecule has 0 bridgehead atoms. The van der Waals surface area contributed by atoms with Crippen LogP contribution in [0.5, 0.6) is 0 Å². The molecule has 1 aromatic carbocycles. The Hall–Kier alpha value is -1.05. The molecule has 0 saturated heterocycles. The number of rotatable bonds is 1. The number of hydrogen-bond acceptors (Lipinski definition) is 1. The summed E-state index contributed by atoms with van der Waals surface area (Å²) < 4.78 is 13.3. The molecule has 0 amide bonds. The quantitative estimate of drug-likeness (QED) is 0.665. The first kappa shape index (κ1) is 11.0. The summed E-state index contributed by atoms with van der Waals surface area (Å²) in [6, 6.07) is 5.33. The largest absolute Gasteiger partial charge is 0.369 e. The van der Waals surface area contributed by atoms with Crippen LogP contribution in [0.3, 0.4) is 0 Å². The van der Waals surface area contributed by atoms with Gasteiger partial charge in [0.25, 0.3) is 0 Å². The molecule has 2 heteroatoms. The van der Waals surface area contributed by atoms with E-state index in [9.17, 15) is 4.39 Å². The highest BCUT2D eigenvalue weighted by Crippen LogP contribution is 2.29. The van der Waals surface area contributed by atoms with Gasteiger partial charge in [-0.1, -0.05) is 26.0 Å². The van der Waals surface area contributed by atoms with Gasteiger partial charge in [0, 0.05) is 13.1 Å². The monoisotopic (exact) mass is 195 g/mol. The number of anilines is 1. The molecule has 0 aliphatic carbocycles. The lowest BCUT2D eigenvalue weighted by molar-refractivity contribution is 0.624. The van der Waals surface area contributed by atoms with Crippen LogP contribution in [-0.2, 0) is 6.42 Å². The van der Waals surface area contributed by atoms with Crippen LogP contribution < -0.4 is 4.90 Å². The molecule has 1 aliphatic rings. The standard InChI is InChI=1S/C10H12FN.C2H6/c1-2-12-7-6-8-4-3-5-9(11)10(8)12;1-2/h3-5H,2,6-7H2,1H3;1-2H3. The fourth-order valence-corrected chi connectivity index (χ4v) is 1.80. The van der Waals surface area contributed by atoms with Crippen molar-refractivity contribution in [1.29, 1.82) is 0 Å². The van der Waals surface area contributed by atoms with Crippen LogP contribution in [0, 0.1) is 5.82 Å². The molecular formula is C12H18FN. The smallest absolute Gasteiger partial charge is 0.146 e. The summed E-state index contributed by atoms with van der Waals surface area (Å²) in [5.74, 6) is -0.0770. The van der Waals surface area contributed by atoms with E-state index < -0.39 is 0 Å². The lowest BCUT2D eigenvalue weighted by Crippen LogP contribution is -2.20. The lowest BCUT2D eigenvalue weighted by Gasteiger charge is -2.16. The molecule has 0 radical (unpaired) electrons. The summed E-state index contributed by atoms with van der Waals surface area (Å²) in [5.41, 5.74) is 1.97. The minimum absolute atomic E-state index is 0.0770. The lowest BCUT2D eigenvalue weighted by atomic mass is 10.1. The molecular weight excluding hydrogens is 177 g/mol. The molecule has 14 heavy (non-hydrogen) atoms. The van der Waals surface area contributed by atoms with Gasteiger partial charge in [-0.25, -0.2) is 4.39 Å². The summed E-state index contributed by atoms with van der Waals surface area (Å²) in [6.07, 6.45) is 0.987. The molecule has 1 nitrogen and oxygen atoms in total. The van der Waals surface area contributed by atoms with E-state index in [1.54, 1.807) is 6.07 Å². The number of likely N-dealkylation sites (N-methyl/N-ethyl adjacent to an activating group) is 1.